The Morgan fingerprint density at radius 2 is 2.44 bits per heavy atom. The van der Waals surface area contributed by atoms with Gasteiger partial charge in [-0.05, 0) is 18.9 Å². The highest BCUT2D eigenvalue weighted by atomic mass is 32.1. The normalized spacial score (nSPS) is 25.9. The van der Waals surface area contributed by atoms with Gasteiger partial charge in [-0.3, -0.25) is 0 Å². The topological polar surface area (TPSA) is 55.1 Å². The average molecular weight is 237 g/mol. The van der Waals surface area contributed by atoms with Crippen LogP contribution in [-0.4, -0.2) is 32.9 Å². The molecular formula is C10H15N5S. The summed E-state index contributed by atoms with van der Waals surface area (Å²) in [6.07, 6.45) is 2.83. The summed E-state index contributed by atoms with van der Waals surface area (Å²) in [5.74, 6) is 0.589. The van der Waals surface area contributed by atoms with Crippen LogP contribution in [0.5, 0.6) is 0 Å². The van der Waals surface area contributed by atoms with Gasteiger partial charge in [0.15, 0.2) is 0 Å². The summed E-state index contributed by atoms with van der Waals surface area (Å²) in [6, 6.07) is 0. The Kier molecular flexibility index (Phi) is 2.22. The van der Waals surface area contributed by atoms with Gasteiger partial charge in [-0.15, -0.1) is 10.2 Å². The first-order valence-electron chi connectivity index (χ1n) is 5.60. The Balaban J connectivity index is 2.09. The summed E-state index contributed by atoms with van der Waals surface area (Å²) in [5.41, 5.74) is 0.186. The first-order valence-corrected chi connectivity index (χ1v) is 6.42. The van der Waals surface area contributed by atoms with Crippen LogP contribution in [0.2, 0.25) is 0 Å². The molecule has 1 unspecified atom stereocenters. The van der Waals surface area contributed by atoms with Gasteiger partial charge in [-0.1, -0.05) is 25.2 Å². The maximum atomic E-state index is 4.62. The van der Waals surface area contributed by atoms with Crippen LogP contribution in [0.15, 0.2) is 6.33 Å². The quantitative estimate of drug-likeness (QED) is 0.849. The molecule has 1 aliphatic rings. The third-order valence-electron chi connectivity index (χ3n) is 3.61. The first kappa shape index (κ1) is 10.2. The van der Waals surface area contributed by atoms with Gasteiger partial charge >= 0.3 is 0 Å². The standard InChI is InChI=1S/C10H15N5S/c1-7(2)10(3-4-11-5-10)8-14-15-6-12-13-9(15)16-8/h6-7,11H,3-5H2,1-2H3. The largest absolute Gasteiger partial charge is 0.316 e. The lowest BCUT2D eigenvalue weighted by molar-refractivity contribution is 0.332. The Hall–Kier alpha value is -1.01. The van der Waals surface area contributed by atoms with E-state index in [1.165, 1.54) is 5.01 Å². The fourth-order valence-electron chi connectivity index (χ4n) is 2.39. The monoisotopic (exact) mass is 237 g/mol. The van der Waals surface area contributed by atoms with Gasteiger partial charge in [-0.2, -0.15) is 9.61 Å². The van der Waals surface area contributed by atoms with E-state index in [0.29, 0.717) is 5.92 Å². The third-order valence-corrected chi connectivity index (χ3v) is 4.74. The predicted molar refractivity (Wildman–Crippen MR) is 62.7 cm³/mol. The van der Waals surface area contributed by atoms with Crippen molar-refractivity contribution >= 4 is 16.3 Å². The van der Waals surface area contributed by atoms with Crippen molar-refractivity contribution in [1.29, 1.82) is 0 Å². The van der Waals surface area contributed by atoms with E-state index in [2.05, 4.69) is 34.5 Å². The smallest absolute Gasteiger partial charge is 0.234 e. The van der Waals surface area contributed by atoms with E-state index in [1.807, 2.05) is 0 Å². The second-order valence-corrected chi connectivity index (χ2v) is 5.66. The van der Waals surface area contributed by atoms with Gasteiger partial charge in [0.05, 0.1) is 0 Å². The van der Waals surface area contributed by atoms with E-state index in [9.17, 15) is 0 Å². The van der Waals surface area contributed by atoms with Crippen molar-refractivity contribution in [3.63, 3.8) is 0 Å². The Morgan fingerprint density at radius 3 is 3.06 bits per heavy atom. The van der Waals surface area contributed by atoms with Crippen molar-refractivity contribution in [1.82, 2.24) is 25.1 Å². The highest BCUT2D eigenvalue weighted by Crippen LogP contribution is 2.39. The van der Waals surface area contributed by atoms with E-state index in [-0.39, 0.29) is 5.41 Å². The molecule has 0 radical (unpaired) electrons. The molecule has 0 saturated carbocycles. The van der Waals surface area contributed by atoms with Gasteiger partial charge < -0.3 is 5.32 Å². The Bertz CT molecular complexity index is 466. The van der Waals surface area contributed by atoms with Crippen LogP contribution in [0, 0.1) is 5.92 Å². The van der Waals surface area contributed by atoms with Crippen molar-refractivity contribution < 1.29 is 0 Å². The summed E-state index contributed by atoms with van der Waals surface area (Å²) in [6.45, 7) is 6.65. The maximum Gasteiger partial charge on any atom is 0.234 e. The fourth-order valence-corrected chi connectivity index (χ4v) is 3.58. The Morgan fingerprint density at radius 1 is 1.56 bits per heavy atom. The molecule has 1 atom stereocenters. The number of nitrogens with zero attached hydrogens (tertiary/aromatic N) is 4. The molecule has 86 valence electrons. The van der Waals surface area contributed by atoms with E-state index in [0.717, 1.165) is 24.5 Å². The van der Waals surface area contributed by atoms with E-state index in [1.54, 1.807) is 22.2 Å². The zero-order valence-corrected chi connectivity index (χ0v) is 10.3. The van der Waals surface area contributed by atoms with Gasteiger partial charge in [-0.25, -0.2) is 0 Å². The zero-order valence-electron chi connectivity index (χ0n) is 9.47. The van der Waals surface area contributed by atoms with Gasteiger partial charge in [0.2, 0.25) is 4.96 Å². The molecule has 0 bridgehead atoms. The van der Waals surface area contributed by atoms with E-state index in [4.69, 9.17) is 0 Å². The SMILES string of the molecule is CC(C)C1(c2nn3cnnc3s2)CCNC1. The van der Waals surface area contributed by atoms with Crippen molar-refractivity contribution in [2.75, 3.05) is 13.1 Å². The van der Waals surface area contributed by atoms with Gasteiger partial charge in [0, 0.05) is 12.0 Å². The van der Waals surface area contributed by atoms with Crippen molar-refractivity contribution in [3.05, 3.63) is 11.3 Å². The van der Waals surface area contributed by atoms with Crippen LogP contribution < -0.4 is 5.32 Å². The highest BCUT2D eigenvalue weighted by Gasteiger charge is 2.41. The minimum Gasteiger partial charge on any atom is -0.316 e. The molecule has 0 aromatic carbocycles. The zero-order chi connectivity index (χ0) is 11.2. The van der Waals surface area contributed by atoms with Crippen LogP contribution in [0.4, 0.5) is 0 Å². The maximum absolute atomic E-state index is 4.62. The lowest BCUT2D eigenvalue weighted by Gasteiger charge is -2.29. The van der Waals surface area contributed by atoms with Crippen molar-refractivity contribution in [2.24, 2.45) is 5.92 Å². The number of hydrogen-bond donors (Lipinski definition) is 1. The number of aromatic nitrogens is 4. The predicted octanol–water partition coefficient (Wildman–Crippen LogP) is 1.07. The van der Waals surface area contributed by atoms with Crippen LogP contribution in [0.25, 0.3) is 4.96 Å². The molecule has 16 heavy (non-hydrogen) atoms. The summed E-state index contributed by atoms with van der Waals surface area (Å²) in [4.78, 5) is 0.891. The Labute approximate surface area is 97.9 Å². The molecule has 1 aliphatic heterocycles. The van der Waals surface area contributed by atoms with E-state index < -0.39 is 0 Å². The molecule has 0 amide bonds. The highest BCUT2D eigenvalue weighted by molar-refractivity contribution is 7.16. The minimum absolute atomic E-state index is 0.186. The summed E-state index contributed by atoms with van der Waals surface area (Å²) in [5, 5.41) is 17.2. The summed E-state index contributed by atoms with van der Waals surface area (Å²) < 4.78 is 1.78. The number of nitrogens with one attached hydrogen (secondary N) is 1. The molecule has 0 spiro atoms. The number of rotatable bonds is 2. The molecule has 3 rings (SSSR count). The van der Waals surface area contributed by atoms with Crippen molar-refractivity contribution in [3.8, 4) is 0 Å². The molecule has 1 saturated heterocycles. The molecule has 3 heterocycles. The van der Waals surface area contributed by atoms with E-state index >= 15 is 0 Å². The summed E-state index contributed by atoms with van der Waals surface area (Å²) >= 11 is 1.67. The minimum atomic E-state index is 0.186. The summed E-state index contributed by atoms with van der Waals surface area (Å²) in [7, 11) is 0. The van der Waals surface area contributed by atoms with Crippen LogP contribution in [0.1, 0.15) is 25.3 Å². The number of fused-ring (bicyclic) bond motifs is 1. The molecule has 5 nitrogen and oxygen atoms in total. The third kappa shape index (κ3) is 1.29. The van der Waals surface area contributed by atoms with Crippen LogP contribution in [-0.2, 0) is 5.41 Å². The molecule has 2 aromatic heterocycles. The number of hydrogen-bond acceptors (Lipinski definition) is 5. The lowest BCUT2D eigenvalue weighted by Crippen LogP contribution is -2.34. The molecule has 6 heteroatoms. The molecule has 1 fully saturated rings. The van der Waals surface area contributed by atoms with Gasteiger partial charge in [0.1, 0.15) is 11.3 Å². The first-order chi connectivity index (χ1) is 7.72. The second-order valence-electron chi connectivity index (χ2n) is 4.70. The lowest BCUT2D eigenvalue weighted by atomic mass is 9.77. The van der Waals surface area contributed by atoms with Crippen molar-refractivity contribution in [2.45, 2.75) is 25.7 Å². The van der Waals surface area contributed by atoms with Crippen LogP contribution >= 0.6 is 11.3 Å². The fraction of sp³-hybridized carbons (Fsp3) is 0.700. The van der Waals surface area contributed by atoms with Crippen LogP contribution in [0.3, 0.4) is 0 Å². The second kappa shape index (κ2) is 3.49. The molecule has 0 aliphatic carbocycles. The van der Waals surface area contributed by atoms with Gasteiger partial charge in [0.25, 0.3) is 0 Å². The average Bonchev–Trinajstić information content (AvgIpc) is 2.92. The molecular weight excluding hydrogens is 222 g/mol. The molecule has 1 N–H and O–H groups in total. The molecule has 2 aromatic rings.